The van der Waals surface area contributed by atoms with Crippen molar-refractivity contribution in [1.29, 1.82) is 0 Å². The number of aromatic nitrogens is 3. The molecule has 0 unspecified atom stereocenters. The van der Waals surface area contributed by atoms with Gasteiger partial charge in [-0.25, -0.2) is 4.98 Å². The minimum atomic E-state index is 0.220. The quantitative estimate of drug-likeness (QED) is 0.599. The number of ether oxygens (including phenoxy) is 1. The number of aromatic amines is 1. The maximum absolute atomic E-state index is 9.83. The molecule has 0 spiro atoms. The average molecular weight is 317 g/mol. The van der Waals surface area contributed by atoms with Gasteiger partial charge in [0.25, 0.3) is 0 Å². The second kappa shape index (κ2) is 5.70. The summed E-state index contributed by atoms with van der Waals surface area (Å²) in [6.07, 6.45) is 3.50. The van der Waals surface area contributed by atoms with Crippen LogP contribution in [0.4, 0.5) is 0 Å². The molecule has 0 saturated heterocycles. The number of H-pyrrole nitrogens is 1. The molecule has 1 aromatic carbocycles. The van der Waals surface area contributed by atoms with E-state index in [1.807, 2.05) is 36.4 Å². The zero-order chi connectivity index (χ0) is 16.5. The Hall–Kier alpha value is -3.34. The Morgan fingerprint density at radius 1 is 1.00 bits per heavy atom. The maximum Gasteiger partial charge on any atom is 0.213 e. The molecule has 0 aliphatic carbocycles. The number of hydrogen-bond acceptors (Lipinski definition) is 4. The molecule has 5 nitrogen and oxygen atoms in total. The van der Waals surface area contributed by atoms with Gasteiger partial charge in [-0.1, -0.05) is 12.1 Å². The van der Waals surface area contributed by atoms with E-state index in [4.69, 9.17) is 4.74 Å². The largest absolute Gasteiger partial charge is 0.508 e. The predicted octanol–water partition coefficient (Wildman–Crippen LogP) is 4.01. The molecular weight excluding hydrogens is 302 g/mol. The first-order valence-electron chi connectivity index (χ1n) is 7.53. The van der Waals surface area contributed by atoms with E-state index in [9.17, 15) is 5.11 Å². The fraction of sp³-hybridized carbons (Fsp3) is 0.0526. The molecule has 2 N–H and O–H groups in total. The van der Waals surface area contributed by atoms with Crippen LogP contribution in [0.2, 0.25) is 0 Å². The number of benzene rings is 1. The highest BCUT2D eigenvalue weighted by Crippen LogP contribution is 2.38. The number of methoxy groups -OCH3 is 1. The molecule has 5 heteroatoms. The topological polar surface area (TPSA) is 71.0 Å². The van der Waals surface area contributed by atoms with E-state index >= 15 is 0 Å². The van der Waals surface area contributed by atoms with Gasteiger partial charge in [-0.3, -0.25) is 4.98 Å². The van der Waals surface area contributed by atoms with Crippen molar-refractivity contribution in [1.82, 2.24) is 15.0 Å². The summed E-state index contributed by atoms with van der Waals surface area (Å²) in [5.41, 5.74) is 5.46. The molecule has 0 aliphatic rings. The van der Waals surface area contributed by atoms with Gasteiger partial charge in [-0.05, 0) is 35.9 Å². The summed E-state index contributed by atoms with van der Waals surface area (Å²) < 4.78 is 5.27. The molecule has 0 aliphatic heterocycles. The molecule has 4 aromatic rings. The Bertz CT molecular complexity index is 1010. The summed E-state index contributed by atoms with van der Waals surface area (Å²) in [5, 5.41) is 9.83. The van der Waals surface area contributed by atoms with Crippen LogP contribution in [0.15, 0.2) is 60.9 Å². The second-order valence-electron chi connectivity index (χ2n) is 5.41. The summed E-state index contributed by atoms with van der Waals surface area (Å²) in [6.45, 7) is 0. The first-order valence-corrected chi connectivity index (χ1v) is 7.53. The second-order valence-corrected chi connectivity index (χ2v) is 5.41. The van der Waals surface area contributed by atoms with Crippen LogP contribution in [0.25, 0.3) is 33.4 Å². The third-order valence-corrected chi connectivity index (χ3v) is 3.93. The normalized spacial score (nSPS) is 10.9. The number of nitrogens with one attached hydrogen (secondary N) is 1. The molecule has 0 atom stereocenters. The molecule has 24 heavy (non-hydrogen) atoms. The van der Waals surface area contributed by atoms with Crippen molar-refractivity contribution in [3.63, 3.8) is 0 Å². The van der Waals surface area contributed by atoms with E-state index in [1.54, 1.807) is 31.6 Å². The van der Waals surface area contributed by atoms with E-state index in [0.29, 0.717) is 5.88 Å². The monoisotopic (exact) mass is 317 g/mol. The number of phenols is 1. The van der Waals surface area contributed by atoms with E-state index in [1.165, 1.54) is 0 Å². The van der Waals surface area contributed by atoms with Gasteiger partial charge in [0.15, 0.2) is 0 Å². The molecule has 0 fully saturated rings. The van der Waals surface area contributed by atoms with Gasteiger partial charge in [0.1, 0.15) is 11.3 Å². The van der Waals surface area contributed by atoms with Crippen LogP contribution in [-0.4, -0.2) is 27.2 Å². The van der Waals surface area contributed by atoms with Crippen molar-refractivity contribution in [3.05, 3.63) is 60.9 Å². The summed E-state index contributed by atoms with van der Waals surface area (Å²) in [7, 11) is 1.60. The lowest BCUT2D eigenvalue weighted by Gasteiger charge is -2.06. The molecule has 4 rings (SSSR count). The van der Waals surface area contributed by atoms with Gasteiger partial charge in [-0.15, -0.1) is 0 Å². The SMILES string of the molecule is COc1ccc2[nH]c(-c3cccc(O)c3)c(-c3ccncc3)c2n1. The lowest BCUT2D eigenvalue weighted by atomic mass is 10.0. The third kappa shape index (κ3) is 2.36. The Kier molecular flexibility index (Phi) is 3.39. The average Bonchev–Trinajstić information content (AvgIpc) is 3.01. The summed E-state index contributed by atoms with van der Waals surface area (Å²) >= 11 is 0. The fourth-order valence-electron chi connectivity index (χ4n) is 2.84. The minimum Gasteiger partial charge on any atom is -0.508 e. The smallest absolute Gasteiger partial charge is 0.213 e. The molecule has 0 saturated carbocycles. The van der Waals surface area contributed by atoms with Gasteiger partial charge < -0.3 is 14.8 Å². The van der Waals surface area contributed by atoms with Crippen molar-refractivity contribution >= 4 is 11.0 Å². The molecule has 0 radical (unpaired) electrons. The van der Waals surface area contributed by atoms with Gasteiger partial charge in [0, 0.05) is 29.6 Å². The van der Waals surface area contributed by atoms with Crippen LogP contribution >= 0.6 is 0 Å². The van der Waals surface area contributed by atoms with Gasteiger partial charge in [0.2, 0.25) is 5.88 Å². The number of hydrogen-bond donors (Lipinski definition) is 2. The van der Waals surface area contributed by atoms with E-state index in [0.717, 1.165) is 33.4 Å². The summed E-state index contributed by atoms with van der Waals surface area (Å²) in [4.78, 5) is 12.1. The molecular formula is C19H15N3O2. The Morgan fingerprint density at radius 2 is 1.83 bits per heavy atom. The highest BCUT2D eigenvalue weighted by molar-refractivity contribution is 6.01. The number of aromatic hydroxyl groups is 1. The third-order valence-electron chi connectivity index (χ3n) is 3.93. The predicted molar refractivity (Wildman–Crippen MR) is 93.0 cm³/mol. The van der Waals surface area contributed by atoms with Crippen LogP contribution < -0.4 is 4.74 Å². The number of rotatable bonds is 3. The van der Waals surface area contributed by atoms with Crippen LogP contribution in [0.5, 0.6) is 11.6 Å². The zero-order valence-corrected chi connectivity index (χ0v) is 13.0. The number of nitrogens with zero attached hydrogens (tertiary/aromatic N) is 2. The molecule has 0 bridgehead atoms. The van der Waals surface area contributed by atoms with Crippen molar-refractivity contribution in [2.45, 2.75) is 0 Å². The van der Waals surface area contributed by atoms with Gasteiger partial charge in [0.05, 0.1) is 18.3 Å². The van der Waals surface area contributed by atoms with Crippen molar-refractivity contribution < 1.29 is 9.84 Å². The Morgan fingerprint density at radius 3 is 2.58 bits per heavy atom. The highest BCUT2D eigenvalue weighted by atomic mass is 16.5. The van der Waals surface area contributed by atoms with E-state index < -0.39 is 0 Å². The Labute approximate surface area is 138 Å². The first kappa shape index (κ1) is 14.3. The van der Waals surface area contributed by atoms with E-state index in [-0.39, 0.29) is 5.75 Å². The summed E-state index contributed by atoms with van der Waals surface area (Å²) in [6, 6.07) is 14.8. The first-order chi connectivity index (χ1) is 11.8. The van der Waals surface area contributed by atoms with Crippen LogP contribution in [0.3, 0.4) is 0 Å². The lowest BCUT2D eigenvalue weighted by molar-refractivity contribution is 0.399. The van der Waals surface area contributed by atoms with Gasteiger partial charge >= 0.3 is 0 Å². The molecule has 0 amide bonds. The maximum atomic E-state index is 9.83. The number of phenolic OH excluding ortho intramolecular Hbond substituents is 1. The minimum absolute atomic E-state index is 0.220. The zero-order valence-electron chi connectivity index (χ0n) is 13.0. The van der Waals surface area contributed by atoms with Crippen molar-refractivity contribution in [2.75, 3.05) is 7.11 Å². The number of pyridine rings is 2. The molecule has 3 aromatic heterocycles. The van der Waals surface area contributed by atoms with Crippen LogP contribution in [0.1, 0.15) is 0 Å². The van der Waals surface area contributed by atoms with Crippen LogP contribution in [0, 0.1) is 0 Å². The molecule has 118 valence electrons. The standard InChI is InChI=1S/C19H15N3O2/c1-24-16-6-5-15-19(22-16)17(12-7-9-20-10-8-12)18(21-15)13-3-2-4-14(23)11-13/h2-11,21,23H,1H3. The fourth-order valence-corrected chi connectivity index (χ4v) is 2.84. The summed E-state index contributed by atoms with van der Waals surface area (Å²) in [5.74, 6) is 0.775. The lowest BCUT2D eigenvalue weighted by Crippen LogP contribution is -1.88. The molecule has 3 heterocycles. The van der Waals surface area contributed by atoms with Crippen molar-refractivity contribution in [2.24, 2.45) is 0 Å². The van der Waals surface area contributed by atoms with Gasteiger partial charge in [-0.2, -0.15) is 0 Å². The Balaban J connectivity index is 2.06. The number of fused-ring (bicyclic) bond motifs is 1. The van der Waals surface area contributed by atoms with E-state index in [2.05, 4.69) is 15.0 Å². The van der Waals surface area contributed by atoms with Crippen LogP contribution in [-0.2, 0) is 0 Å². The van der Waals surface area contributed by atoms with Crippen molar-refractivity contribution in [3.8, 4) is 34.0 Å². The highest BCUT2D eigenvalue weighted by Gasteiger charge is 2.17.